The second kappa shape index (κ2) is 7.66. The van der Waals surface area contributed by atoms with Crippen LogP contribution in [-0.4, -0.2) is 11.7 Å². The molecule has 0 aromatic heterocycles. The predicted molar refractivity (Wildman–Crippen MR) is 111 cm³/mol. The first-order valence-corrected chi connectivity index (χ1v) is 9.82. The fourth-order valence-corrected chi connectivity index (χ4v) is 4.27. The van der Waals surface area contributed by atoms with Crippen LogP contribution in [0, 0.1) is 12.7 Å². The maximum atomic E-state index is 13.6. The molecule has 1 aliphatic carbocycles. The quantitative estimate of drug-likeness (QED) is 0.796. The third-order valence-corrected chi connectivity index (χ3v) is 5.60. The van der Waals surface area contributed by atoms with E-state index in [0.29, 0.717) is 23.3 Å². The zero-order valence-corrected chi connectivity index (χ0v) is 16.5. The molecule has 1 atom stereocenters. The number of hydrogen-bond acceptors (Lipinski definition) is 3. The molecular formula is C24H23FN2O2. The molecule has 148 valence electrons. The number of halogens is 1. The van der Waals surface area contributed by atoms with Gasteiger partial charge in [-0.3, -0.25) is 9.59 Å². The Morgan fingerprint density at radius 3 is 2.66 bits per heavy atom. The lowest BCUT2D eigenvalue weighted by molar-refractivity contribution is -0.116. The SMILES string of the molecule is CC1=C(C(=O)Nc2cccc(F)c2)[C@@H](c2ccccc2C)C2=C(CCCC2=O)N1. The third-order valence-electron chi connectivity index (χ3n) is 5.60. The summed E-state index contributed by atoms with van der Waals surface area (Å²) in [5, 5.41) is 6.10. The molecule has 2 aliphatic rings. The molecule has 0 spiro atoms. The number of amides is 1. The molecular weight excluding hydrogens is 367 g/mol. The van der Waals surface area contributed by atoms with Gasteiger partial charge in [0.25, 0.3) is 5.91 Å². The van der Waals surface area contributed by atoms with Gasteiger partial charge in [0.05, 0.1) is 0 Å². The summed E-state index contributed by atoms with van der Waals surface area (Å²) in [6.45, 7) is 3.84. The van der Waals surface area contributed by atoms with Gasteiger partial charge < -0.3 is 10.6 Å². The zero-order chi connectivity index (χ0) is 20.5. The van der Waals surface area contributed by atoms with Crippen molar-refractivity contribution in [3.8, 4) is 0 Å². The van der Waals surface area contributed by atoms with Crippen molar-refractivity contribution in [2.75, 3.05) is 5.32 Å². The van der Waals surface area contributed by atoms with Crippen LogP contribution >= 0.6 is 0 Å². The van der Waals surface area contributed by atoms with Crippen LogP contribution < -0.4 is 10.6 Å². The third kappa shape index (κ3) is 3.60. The van der Waals surface area contributed by atoms with Gasteiger partial charge in [-0.2, -0.15) is 0 Å². The van der Waals surface area contributed by atoms with Crippen LogP contribution in [0.3, 0.4) is 0 Å². The van der Waals surface area contributed by atoms with Crippen LogP contribution in [0.5, 0.6) is 0 Å². The lowest BCUT2D eigenvalue weighted by Gasteiger charge is -2.35. The van der Waals surface area contributed by atoms with Crippen molar-refractivity contribution in [1.29, 1.82) is 0 Å². The van der Waals surface area contributed by atoms with Gasteiger partial charge in [0.2, 0.25) is 0 Å². The van der Waals surface area contributed by atoms with Crippen LogP contribution in [0.4, 0.5) is 10.1 Å². The van der Waals surface area contributed by atoms with Gasteiger partial charge in [0.15, 0.2) is 5.78 Å². The Balaban J connectivity index is 1.81. The molecule has 1 amide bonds. The van der Waals surface area contributed by atoms with Crippen molar-refractivity contribution >= 4 is 17.4 Å². The van der Waals surface area contributed by atoms with Gasteiger partial charge in [-0.15, -0.1) is 0 Å². The molecule has 0 unspecified atom stereocenters. The molecule has 2 aromatic rings. The average molecular weight is 390 g/mol. The minimum Gasteiger partial charge on any atom is -0.362 e. The summed E-state index contributed by atoms with van der Waals surface area (Å²) in [7, 11) is 0. The van der Waals surface area contributed by atoms with Crippen LogP contribution in [0.25, 0.3) is 0 Å². The van der Waals surface area contributed by atoms with Crippen molar-refractivity contribution in [3.63, 3.8) is 0 Å². The number of hydrogen-bond donors (Lipinski definition) is 2. The highest BCUT2D eigenvalue weighted by molar-refractivity contribution is 6.09. The first-order chi connectivity index (χ1) is 14.0. The summed E-state index contributed by atoms with van der Waals surface area (Å²) in [4.78, 5) is 26.2. The zero-order valence-electron chi connectivity index (χ0n) is 16.5. The summed E-state index contributed by atoms with van der Waals surface area (Å²) in [6, 6.07) is 13.6. The lowest BCUT2D eigenvalue weighted by Crippen LogP contribution is -2.35. The molecule has 4 nitrogen and oxygen atoms in total. The molecule has 1 heterocycles. The number of carbonyl (C=O) groups is 2. The number of rotatable bonds is 3. The van der Waals surface area contributed by atoms with Gasteiger partial charge in [-0.05, 0) is 56.0 Å². The fraction of sp³-hybridized carbons (Fsp3) is 0.250. The van der Waals surface area contributed by atoms with E-state index in [-0.39, 0.29) is 11.7 Å². The highest BCUT2D eigenvalue weighted by atomic mass is 19.1. The van der Waals surface area contributed by atoms with Crippen molar-refractivity contribution in [3.05, 3.63) is 88.0 Å². The van der Waals surface area contributed by atoms with Gasteiger partial charge in [-0.25, -0.2) is 4.39 Å². The van der Waals surface area contributed by atoms with E-state index >= 15 is 0 Å². The topological polar surface area (TPSA) is 58.2 Å². The molecule has 2 N–H and O–H groups in total. The molecule has 0 fully saturated rings. The molecule has 2 aromatic carbocycles. The normalized spacial score (nSPS) is 19.0. The van der Waals surface area contributed by atoms with Crippen LogP contribution in [0.15, 0.2) is 71.1 Å². The summed E-state index contributed by atoms with van der Waals surface area (Å²) >= 11 is 0. The highest BCUT2D eigenvalue weighted by Crippen LogP contribution is 2.43. The lowest BCUT2D eigenvalue weighted by atomic mass is 9.74. The van der Waals surface area contributed by atoms with Crippen LogP contribution in [0.1, 0.15) is 43.2 Å². The van der Waals surface area contributed by atoms with E-state index in [0.717, 1.165) is 35.4 Å². The van der Waals surface area contributed by atoms with Gasteiger partial charge in [0, 0.05) is 40.6 Å². The Labute approximate surface area is 169 Å². The number of aryl methyl sites for hydroxylation is 1. The molecule has 5 heteroatoms. The standard InChI is InChI=1S/C24H23FN2O2/c1-14-7-3-4-10-18(14)22-21(24(29)27-17-9-5-8-16(25)13-17)15(2)26-19-11-6-12-20(28)23(19)22/h3-5,7-10,13,22,26H,6,11-12H2,1-2H3,(H,27,29)/t22-/m1/s1. The second-order valence-corrected chi connectivity index (χ2v) is 7.59. The number of carbonyl (C=O) groups excluding carboxylic acids is 2. The molecule has 0 saturated heterocycles. The summed E-state index contributed by atoms with van der Waals surface area (Å²) in [6.07, 6.45) is 2.09. The number of benzene rings is 2. The number of allylic oxidation sites excluding steroid dienone is 3. The van der Waals surface area contributed by atoms with E-state index in [1.54, 1.807) is 12.1 Å². The Morgan fingerprint density at radius 1 is 1.10 bits per heavy atom. The van der Waals surface area contributed by atoms with Crippen LogP contribution in [0.2, 0.25) is 0 Å². The predicted octanol–water partition coefficient (Wildman–Crippen LogP) is 4.74. The molecule has 4 rings (SSSR count). The smallest absolute Gasteiger partial charge is 0.254 e. The van der Waals surface area contributed by atoms with E-state index in [1.807, 2.05) is 38.1 Å². The monoisotopic (exact) mass is 390 g/mol. The minimum absolute atomic E-state index is 0.0792. The first kappa shape index (κ1) is 19.1. The van der Waals surface area contributed by atoms with Gasteiger partial charge >= 0.3 is 0 Å². The number of nitrogens with one attached hydrogen (secondary N) is 2. The summed E-state index contributed by atoms with van der Waals surface area (Å²) in [5.41, 5.74) is 5.16. The maximum absolute atomic E-state index is 13.6. The van der Waals surface area contributed by atoms with Crippen LogP contribution in [-0.2, 0) is 9.59 Å². The summed E-state index contributed by atoms with van der Waals surface area (Å²) < 4.78 is 13.6. The van der Waals surface area contributed by atoms with Crippen molar-refractivity contribution in [2.24, 2.45) is 0 Å². The average Bonchev–Trinajstić information content (AvgIpc) is 2.67. The number of Topliss-reactive ketones (excluding diaryl/α,β-unsaturated/α-hetero) is 1. The number of ketones is 1. The van der Waals surface area contributed by atoms with E-state index in [4.69, 9.17) is 0 Å². The Bertz CT molecular complexity index is 1070. The number of anilines is 1. The molecule has 1 aliphatic heterocycles. The molecule has 0 saturated carbocycles. The molecule has 29 heavy (non-hydrogen) atoms. The number of dihydropyridines is 1. The Kier molecular flexibility index (Phi) is 5.05. The van der Waals surface area contributed by atoms with E-state index in [2.05, 4.69) is 10.6 Å². The molecule has 0 radical (unpaired) electrons. The van der Waals surface area contributed by atoms with Crippen molar-refractivity contribution < 1.29 is 14.0 Å². The minimum atomic E-state index is -0.436. The maximum Gasteiger partial charge on any atom is 0.254 e. The largest absolute Gasteiger partial charge is 0.362 e. The van der Waals surface area contributed by atoms with Gasteiger partial charge in [-0.1, -0.05) is 30.3 Å². The van der Waals surface area contributed by atoms with E-state index in [9.17, 15) is 14.0 Å². The van der Waals surface area contributed by atoms with Gasteiger partial charge in [0.1, 0.15) is 5.82 Å². The van der Waals surface area contributed by atoms with E-state index in [1.165, 1.54) is 12.1 Å². The fourth-order valence-electron chi connectivity index (χ4n) is 4.27. The summed E-state index contributed by atoms with van der Waals surface area (Å²) in [5.74, 6) is -1.11. The van der Waals surface area contributed by atoms with Crippen molar-refractivity contribution in [1.82, 2.24) is 5.32 Å². The Morgan fingerprint density at radius 2 is 1.90 bits per heavy atom. The van der Waals surface area contributed by atoms with Crippen molar-refractivity contribution in [2.45, 2.75) is 39.0 Å². The second-order valence-electron chi connectivity index (χ2n) is 7.59. The highest BCUT2D eigenvalue weighted by Gasteiger charge is 2.38. The first-order valence-electron chi connectivity index (χ1n) is 9.82. The Hall–Kier alpha value is -3.21. The molecule has 0 bridgehead atoms. The van der Waals surface area contributed by atoms with E-state index < -0.39 is 11.7 Å².